The van der Waals surface area contributed by atoms with Crippen molar-refractivity contribution in [3.8, 4) is 0 Å². The summed E-state index contributed by atoms with van der Waals surface area (Å²) in [5.74, 6) is 5.01. The fourth-order valence-electron chi connectivity index (χ4n) is 5.00. The summed E-state index contributed by atoms with van der Waals surface area (Å²) in [5.41, 5.74) is 3.43. The SMILES string of the molecule is CCc1cc(/C(ON)=C(/C)c2ccc(C3CCCCC3)c(C(F)(F)F)c2)ccc1CNCCC(=O)O. The number of allylic oxidation sites excluding steroid dienone is 1. The maximum absolute atomic E-state index is 14.1. The third-order valence-electron chi connectivity index (χ3n) is 6.98. The number of benzene rings is 2. The molecule has 0 bridgehead atoms. The van der Waals surface area contributed by atoms with Gasteiger partial charge in [-0.05, 0) is 66.5 Å². The van der Waals surface area contributed by atoms with Crippen molar-refractivity contribution >= 4 is 17.3 Å². The third kappa shape index (κ3) is 6.89. The van der Waals surface area contributed by atoms with Gasteiger partial charge in [-0.1, -0.05) is 50.5 Å². The Morgan fingerprint density at radius 2 is 1.78 bits per heavy atom. The number of halogens is 3. The van der Waals surface area contributed by atoms with E-state index < -0.39 is 17.7 Å². The number of carboxylic acids is 1. The van der Waals surface area contributed by atoms with Crippen LogP contribution in [0.4, 0.5) is 13.2 Å². The van der Waals surface area contributed by atoms with Crippen LogP contribution in [0.1, 0.15) is 91.7 Å². The van der Waals surface area contributed by atoms with Crippen molar-refractivity contribution in [3.63, 3.8) is 0 Å². The third-order valence-corrected chi connectivity index (χ3v) is 6.98. The number of hydrogen-bond acceptors (Lipinski definition) is 4. The lowest BCUT2D eigenvalue weighted by Crippen LogP contribution is -2.18. The van der Waals surface area contributed by atoms with Gasteiger partial charge in [-0.3, -0.25) is 4.79 Å². The summed E-state index contributed by atoms with van der Waals surface area (Å²) in [6.07, 6.45) is 0.860. The number of hydrogen-bond donors (Lipinski definition) is 3. The van der Waals surface area contributed by atoms with Crippen LogP contribution in [-0.2, 0) is 28.8 Å². The van der Waals surface area contributed by atoms with Gasteiger partial charge in [0.15, 0.2) is 5.76 Å². The number of aliphatic carboxylic acids is 1. The molecule has 0 unspecified atom stereocenters. The van der Waals surface area contributed by atoms with Gasteiger partial charge in [0.1, 0.15) is 0 Å². The minimum Gasteiger partial charge on any atom is -0.481 e. The highest BCUT2D eigenvalue weighted by molar-refractivity contribution is 5.87. The molecule has 3 rings (SSSR count). The van der Waals surface area contributed by atoms with Crippen LogP contribution in [0.2, 0.25) is 0 Å². The van der Waals surface area contributed by atoms with E-state index in [2.05, 4.69) is 5.32 Å². The first-order valence-corrected chi connectivity index (χ1v) is 12.5. The molecule has 4 N–H and O–H groups in total. The molecule has 0 spiro atoms. The van der Waals surface area contributed by atoms with Crippen molar-refractivity contribution in [3.05, 3.63) is 69.8 Å². The van der Waals surface area contributed by atoms with Gasteiger partial charge in [0.2, 0.25) is 0 Å². The Bertz CT molecular complexity index is 1090. The second kappa shape index (κ2) is 12.4. The second-order valence-electron chi connectivity index (χ2n) is 9.36. The summed E-state index contributed by atoms with van der Waals surface area (Å²) < 4.78 is 42.2. The zero-order chi connectivity index (χ0) is 26.3. The highest BCUT2D eigenvalue weighted by atomic mass is 19.4. The minimum atomic E-state index is -4.45. The summed E-state index contributed by atoms with van der Waals surface area (Å²) in [4.78, 5) is 15.9. The minimum absolute atomic E-state index is 0.0338. The Kier molecular flexibility index (Phi) is 9.56. The molecule has 36 heavy (non-hydrogen) atoms. The smallest absolute Gasteiger partial charge is 0.416 e. The summed E-state index contributed by atoms with van der Waals surface area (Å²) in [6, 6.07) is 10.2. The average molecular weight is 505 g/mol. The Morgan fingerprint density at radius 3 is 2.39 bits per heavy atom. The normalized spacial score (nSPS) is 15.5. The molecule has 5 nitrogen and oxygen atoms in total. The largest absolute Gasteiger partial charge is 0.481 e. The summed E-state index contributed by atoms with van der Waals surface area (Å²) in [7, 11) is 0. The fraction of sp³-hybridized carbons (Fsp3) is 0.464. The van der Waals surface area contributed by atoms with Crippen molar-refractivity contribution < 1.29 is 27.9 Å². The highest BCUT2D eigenvalue weighted by Crippen LogP contribution is 2.42. The summed E-state index contributed by atoms with van der Waals surface area (Å²) in [6.45, 7) is 4.58. The van der Waals surface area contributed by atoms with E-state index in [0.29, 0.717) is 41.1 Å². The number of carbonyl (C=O) groups is 1. The Hall–Kier alpha value is -2.84. The molecule has 2 aromatic carbocycles. The van der Waals surface area contributed by atoms with Crippen molar-refractivity contribution in [2.45, 2.75) is 77.4 Å². The van der Waals surface area contributed by atoms with Crippen molar-refractivity contribution in [1.82, 2.24) is 5.32 Å². The van der Waals surface area contributed by atoms with Gasteiger partial charge in [0, 0.05) is 24.2 Å². The van der Waals surface area contributed by atoms with E-state index in [9.17, 15) is 18.0 Å². The van der Waals surface area contributed by atoms with E-state index in [1.807, 2.05) is 25.1 Å². The number of nitrogens with one attached hydrogen (secondary N) is 1. The topological polar surface area (TPSA) is 84.6 Å². The average Bonchev–Trinajstić information content (AvgIpc) is 2.87. The van der Waals surface area contributed by atoms with Gasteiger partial charge in [-0.15, -0.1) is 0 Å². The van der Waals surface area contributed by atoms with Gasteiger partial charge < -0.3 is 15.3 Å². The van der Waals surface area contributed by atoms with Crippen LogP contribution in [0.3, 0.4) is 0 Å². The lowest BCUT2D eigenvalue weighted by Gasteiger charge is -2.26. The molecule has 1 saturated carbocycles. The van der Waals surface area contributed by atoms with E-state index in [4.69, 9.17) is 15.8 Å². The number of carboxylic acid groups (broad SMARTS) is 1. The molecular formula is C28H35F3N2O3. The van der Waals surface area contributed by atoms with E-state index in [0.717, 1.165) is 49.7 Å². The molecule has 0 radical (unpaired) electrons. The van der Waals surface area contributed by atoms with Gasteiger partial charge >= 0.3 is 12.1 Å². The standard InChI is InChI=1S/C28H35F3N2O3/c1-3-19-15-22(9-10-23(19)17-33-14-13-26(34)35)27(36-32)18(2)21-11-12-24(20-7-5-4-6-8-20)25(16-21)28(29,30)31/h9-12,15-16,20,33H,3-8,13-14,17,32H2,1-2H3,(H,34,35)/b27-18+. The molecule has 0 heterocycles. The highest BCUT2D eigenvalue weighted by Gasteiger charge is 2.36. The molecule has 0 atom stereocenters. The molecule has 0 aliphatic heterocycles. The second-order valence-corrected chi connectivity index (χ2v) is 9.36. The molecule has 2 aromatic rings. The van der Waals surface area contributed by atoms with Gasteiger partial charge in [0.25, 0.3) is 0 Å². The molecule has 1 aliphatic carbocycles. The molecule has 1 aliphatic rings. The summed E-state index contributed by atoms with van der Waals surface area (Å²) in [5, 5.41) is 11.9. The first kappa shape index (κ1) is 27.7. The fourth-order valence-corrected chi connectivity index (χ4v) is 5.00. The lowest BCUT2D eigenvalue weighted by atomic mass is 9.81. The maximum Gasteiger partial charge on any atom is 0.416 e. The van der Waals surface area contributed by atoms with Crippen LogP contribution < -0.4 is 11.2 Å². The first-order chi connectivity index (χ1) is 17.2. The Balaban J connectivity index is 1.94. The van der Waals surface area contributed by atoms with E-state index in [1.165, 1.54) is 6.07 Å². The molecule has 8 heteroatoms. The van der Waals surface area contributed by atoms with E-state index in [1.54, 1.807) is 19.1 Å². The molecule has 196 valence electrons. The number of nitrogens with two attached hydrogens (primary N) is 1. The van der Waals surface area contributed by atoms with Gasteiger partial charge in [0.05, 0.1) is 12.0 Å². The van der Waals surface area contributed by atoms with Gasteiger partial charge in [-0.25, -0.2) is 0 Å². The van der Waals surface area contributed by atoms with Crippen LogP contribution in [0.5, 0.6) is 0 Å². The predicted octanol–water partition coefficient (Wildman–Crippen LogP) is 6.66. The Labute approximate surface area is 210 Å². The van der Waals surface area contributed by atoms with Crippen LogP contribution in [0, 0.1) is 0 Å². The first-order valence-electron chi connectivity index (χ1n) is 12.5. The molecule has 0 amide bonds. The van der Waals surface area contributed by atoms with Crippen molar-refractivity contribution in [2.24, 2.45) is 5.90 Å². The monoisotopic (exact) mass is 504 g/mol. The zero-order valence-corrected chi connectivity index (χ0v) is 20.9. The molecular weight excluding hydrogens is 469 g/mol. The zero-order valence-electron chi connectivity index (χ0n) is 20.9. The maximum atomic E-state index is 14.1. The quantitative estimate of drug-likeness (QED) is 0.146. The van der Waals surface area contributed by atoms with E-state index >= 15 is 0 Å². The predicted molar refractivity (Wildman–Crippen MR) is 135 cm³/mol. The molecule has 0 aromatic heterocycles. The summed E-state index contributed by atoms with van der Waals surface area (Å²) >= 11 is 0. The molecule has 1 fully saturated rings. The van der Waals surface area contributed by atoms with Crippen molar-refractivity contribution in [2.75, 3.05) is 6.54 Å². The molecule has 0 saturated heterocycles. The number of alkyl halides is 3. The number of aryl methyl sites for hydroxylation is 1. The van der Waals surface area contributed by atoms with Crippen LogP contribution in [-0.4, -0.2) is 17.6 Å². The van der Waals surface area contributed by atoms with Crippen LogP contribution >= 0.6 is 0 Å². The lowest BCUT2D eigenvalue weighted by molar-refractivity contribution is -0.138. The number of rotatable bonds is 10. The van der Waals surface area contributed by atoms with E-state index in [-0.39, 0.29) is 12.3 Å². The van der Waals surface area contributed by atoms with Gasteiger partial charge in [-0.2, -0.15) is 19.1 Å². The van der Waals surface area contributed by atoms with Crippen LogP contribution in [0.15, 0.2) is 36.4 Å². The van der Waals surface area contributed by atoms with Crippen LogP contribution in [0.25, 0.3) is 11.3 Å². The Morgan fingerprint density at radius 1 is 1.08 bits per heavy atom. The van der Waals surface area contributed by atoms with Crippen molar-refractivity contribution in [1.29, 1.82) is 0 Å².